The third-order valence-electron chi connectivity index (χ3n) is 3.94. The number of primary amides is 1. The number of anilines is 1. The van der Waals surface area contributed by atoms with E-state index in [2.05, 4.69) is 17.2 Å². The Morgan fingerprint density at radius 2 is 1.72 bits per heavy atom. The van der Waals surface area contributed by atoms with Crippen LogP contribution < -0.4 is 11.1 Å². The maximum Gasteiger partial charge on any atom is 0.300 e. The number of phenolic OH excluding ortho intramolecular Hbond substituents is 2. The Hall–Kier alpha value is -5.08. The average Bonchev–Trinajstić information content (AvgIpc) is 2.79. The van der Waals surface area contributed by atoms with Gasteiger partial charge in [-0.3, -0.25) is 9.59 Å². The van der Waals surface area contributed by atoms with Gasteiger partial charge in [0.1, 0.15) is 17.6 Å². The van der Waals surface area contributed by atoms with Crippen LogP contribution in [-0.4, -0.2) is 28.2 Å². The van der Waals surface area contributed by atoms with Crippen molar-refractivity contribution in [2.45, 2.75) is 0 Å². The first-order chi connectivity index (χ1) is 15.3. The summed E-state index contributed by atoms with van der Waals surface area (Å²) in [5.41, 5.74) is 6.79. The fourth-order valence-electron chi connectivity index (χ4n) is 2.34. The van der Waals surface area contributed by atoms with Crippen LogP contribution >= 0.6 is 0 Å². The first-order valence-corrected chi connectivity index (χ1v) is 9.08. The van der Waals surface area contributed by atoms with E-state index in [4.69, 9.17) is 21.5 Å². The molecule has 0 unspecified atom stereocenters. The number of carbonyl (C=O) groups excluding carboxylic acids is 2. The number of nitrogens with one attached hydrogen (secondary N) is 2. The van der Waals surface area contributed by atoms with Crippen molar-refractivity contribution in [3.8, 4) is 29.4 Å². The summed E-state index contributed by atoms with van der Waals surface area (Å²) in [5, 5.41) is 36.7. The molecule has 0 saturated carbocycles. The van der Waals surface area contributed by atoms with Crippen LogP contribution in [0.25, 0.3) is 0 Å². The predicted octanol–water partition coefficient (Wildman–Crippen LogP) is 2.74. The first kappa shape index (κ1) is 23.2. The predicted molar refractivity (Wildman–Crippen MR) is 119 cm³/mol. The second-order valence-corrected chi connectivity index (χ2v) is 6.20. The number of hydrogen-bond acceptors (Lipinski definition) is 6. The van der Waals surface area contributed by atoms with E-state index in [1.807, 2.05) is 30.3 Å². The number of benzene rings is 3. The van der Waals surface area contributed by atoms with Gasteiger partial charge < -0.3 is 26.7 Å². The van der Waals surface area contributed by atoms with Crippen molar-refractivity contribution in [1.82, 2.24) is 0 Å². The van der Waals surface area contributed by atoms with Crippen LogP contribution in [0, 0.1) is 28.6 Å². The number of rotatable bonds is 3. The normalized spacial score (nSPS) is 9.09. The summed E-state index contributed by atoms with van der Waals surface area (Å²) in [6.45, 7) is 0. The monoisotopic (exact) mass is 426 g/mol. The van der Waals surface area contributed by atoms with Gasteiger partial charge in [0.05, 0.1) is 5.56 Å². The van der Waals surface area contributed by atoms with Crippen molar-refractivity contribution in [3.63, 3.8) is 0 Å². The third-order valence-corrected chi connectivity index (χ3v) is 3.94. The van der Waals surface area contributed by atoms with Gasteiger partial charge in [0.2, 0.25) is 5.91 Å². The molecule has 0 saturated heterocycles. The van der Waals surface area contributed by atoms with Gasteiger partial charge in [-0.05, 0) is 42.5 Å². The van der Waals surface area contributed by atoms with Crippen LogP contribution in [0.5, 0.6) is 11.5 Å². The molecule has 0 aromatic heterocycles. The van der Waals surface area contributed by atoms with Crippen LogP contribution in [0.1, 0.15) is 27.0 Å². The fourth-order valence-corrected chi connectivity index (χ4v) is 2.34. The highest BCUT2D eigenvalue weighted by molar-refractivity contribution is 6.04. The molecule has 0 aliphatic heterocycles. The number of nitriles is 1. The topological polar surface area (TPSA) is 160 Å². The summed E-state index contributed by atoms with van der Waals surface area (Å²) in [7, 11) is 0. The molecular weight excluding hydrogens is 408 g/mol. The van der Waals surface area contributed by atoms with E-state index in [-0.39, 0.29) is 22.6 Å². The Balaban J connectivity index is 0.000000258. The smallest absolute Gasteiger partial charge is 0.300 e. The van der Waals surface area contributed by atoms with E-state index >= 15 is 0 Å². The van der Waals surface area contributed by atoms with Gasteiger partial charge in [0.15, 0.2) is 0 Å². The molecule has 32 heavy (non-hydrogen) atoms. The summed E-state index contributed by atoms with van der Waals surface area (Å²) < 4.78 is 0. The molecule has 3 aromatic rings. The molecule has 3 aromatic carbocycles. The first-order valence-electron chi connectivity index (χ1n) is 9.08. The van der Waals surface area contributed by atoms with E-state index in [0.29, 0.717) is 11.3 Å². The van der Waals surface area contributed by atoms with Gasteiger partial charge in [-0.2, -0.15) is 5.26 Å². The Kier molecular flexibility index (Phi) is 8.12. The zero-order valence-electron chi connectivity index (χ0n) is 16.7. The zero-order chi connectivity index (χ0) is 23.5. The molecule has 0 radical (unpaired) electrons. The van der Waals surface area contributed by atoms with Crippen molar-refractivity contribution in [2.24, 2.45) is 5.73 Å². The summed E-state index contributed by atoms with van der Waals surface area (Å²) in [4.78, 5) is 22.3. The highest BCUT2D eigenvalue weighted by Crippen LogP contribution is 2.20. The van der Waals surface area contributed by atoms with Gasteiger partial charge in [-0.15, -0.1) is 0 Å². The maximum atomic E-state index is 11.6. The maximum absolute atomic E-state index is 11.6. The summed E-state index contributed by atoms with van der Waals surface area (Å²) in [6.07, 6.45) is 1.04. The summed E-state index contributed by atoms with van der Waals surface area (Å²) >= 11 is 0. The number of hydrogen-bond donors (Lipinski definition) is 5. The van der Waals surface area contributed by atoms with Crippen molar-refractivity contribution in [2.75, 3.05) is 5.32 Å². The molecule has 158 valence electrons. The number of amides is 2. The molecule has 0 bridgehead atoms. The Morgan fingerprint density at radius 1 is 1.00 bits per heavy atom. The molecule has 6 N–H and O–H groups in total. The second kappa shape index (κ2) is 11.2. The minimum absolute atomic E-state index is 0.0475. The lowest BCUT2D eigenvalue weighted by Gasteiger charge is -2.03. The second-order valence-electron chi connectivity index (χ2n) is 6.20. The molecule has 0 aliphatic carbocycles. The largest absolute Gasteiger partial charge is 0.507 e. The standard InChI is InChI=1S/C16H12N2O2.C8H6N2O2/c17-11-13-7-8-14(10-15(13)19)18-16(20)9-6-12-4-2-1-3-5-12;9-4-6-3-5(8(10)12)1-2-7(6)11/h1-5,7-8,10-11,17,19H,(H,18,20);1-3,11H,(H2,10,12). The number of nitrogens with zero attached hydrogens (tertiary/aromatic N) is 1. The van der Waals surface area contributed by atoms with Gasteiger partial charge in [-0.1, -0.05) is 24.1 Å². The third kappa shape index (κ3) is 6.76. The highest BCUT2D eigenvalue weighted by atomic mass is 16.3. The molecule has 0 aliphatic rings. The lowest BCUT2D eigenvalue weighted by Crippen LogP contribution is -2.10. The lowest BCUT2D eigenvalue weighted by molar-refractivity contribution is -0.111. The van der Waals surface area contributed by atoms with E-state index < -0.39 is 11.8 Å². The van der Waals surface area contributed by atoms with Crippen LogP contribution in [0.3, 0.4) is 0 Å². The molecule has 0 fully saturated rings. The van der Waals surface area contributed by atoms with Crippen LogP contribution in [-0.2, 0) is 4.79 Å². The van der Waals surface area contributed by atoms with Crippen molar-refractivity contribution >= 4 is 23.7 Å². The van der Waals surface area contributed by atoms with Gasteiger partial charge >= 0.3 is 5.91 Å². The molecule has 8 nitrogen and oxygen atoms in total. The van der Waals surface area contributed by atoms with Gasteiger partial charge in [0.25, 0.3) is 0 Å². The van der Waals surface area contributed by atoms with E-state index in [1.54, 1.807) is 18.2 Å². The van der Waals surface area contributed by atoms with E-state index in [9.17, 15) is 14.7 Å². The van der Waals surface area contributed by atoms with E-state index in [0.717, 1.165) is 11.8 Å². The van der Waals surface area contributed by atoms with Crippen molar-refractivity contribution in [3.05, 3.63) is 89.0 Å². The average molecular weight is 426 g/mol. The van der Waals surface area contributed by atoms with Crippen LogP contribution in [0.15, 0.2) is 66.7 Å². The van der Waals surface area contributed by atoms with Crippen molar-refractivity contribution in [1.29, 1.82) is 10.7 Å². The Morgan fingerprint density at radius 3 is 2.31 bits per heavy atom. The fraction of sp³-hybridized carbons (Fsp3) is 0. The molecule has 2 amide bonds. The van der Waals surface area contributed by atoms with Crippen LogP contribution in [0.4, 0.5) is 5.69 Å². The summed E-state index contributed by atoms with van der Waals surface area (Å²) in [5.74, 6) is 3.92. The van der Waals surface area contributed by atoms with Crippen molar-refractivity contribution < 1.29 is 19.8 Å². The number of nitrogens with two attached hydrogens (primary N) is 1. The quantitative estimate of drug-likeness (QED) is 0.321. The highest BCUT2D eigenvalue weighted by Gasteiger charge is 2.05. The van der Waals surface area contributed by atoms with Gasteiger partial charge in [0, 0.05) is 40.6 Å². The number of aromatic hydroxyl groups is 2. The Bertz CT molecular complexity index is 1250. The SMILES string of the molecule is N#Cc1cc(C(N)=O)ccc1O.N=Cc1ccc(NC(=O)C#Cc2ccccc2)cc1O. The molecule has 0 atom stereocenters. The number of phenols is 2. The molecular formula is C24H18N4O4. The molecule has 0 heterocycles. The molecule has 0 spiro atoms. The molecule has 3 rings (SSSR count). The minimum Gasteiger partial charge on any atom is -0.507 e. The molecule has 8 heteroatoms. The van der Waals surface area contributed by atoms with Gasteiger partial charge in [-0.25, -0.2) is 0 Å². The minimum atomic E-state index is -0.619. The van der Waals surface area contributed by atoms with Crippen LogP contribution in [0.2, 0.25) is 0 Å². The Labute approximate surface area is 184 Å². The zero-order valence-corrected chi connectivity index (χ0v) is 16.7. The summed E-state index contributed by atoms with van der Waals surface area (Å²) in [6, 6.07) is 19.3. The lowest BCUT2D eigenvalue weighted by atomic mass is 10.1. The van der Waals surface area contributed by atoms with E-state index in [1.165, 1.54) is 24.3 Å². The number of carbonyl (C=O) groups is 2.